The molecule has 22 heavy (non-hydrogen) atoms. The normalized spacial score (nSPS) is 50.1. The number of thioether (sulfide) groups is 1. The Morgan fingerprint density at radius 2 is 1.95 bits per heavy atom. The molecular formula is C20H28OS. The second-order valence-corrected chi connectivity index (χ2v) is 9.49. The van der Waals surface area contributed by atoms with Crippen LogP contribution in [0, 0.1) is 28.6 Å². The van der Waals surface area contributed by atoms with Crippen molar-refractivity contribution in [1.29, 1.82) is 0 Å². The summed E-state index contributed by atoms with van der Waals surface area (Å²) in [6, 6.07) is 0. The molecule has 120 valence electrons. The lowest BCUT2D eigenvalue weighted by molar-refractivity contribution is -0.111. The van der Waals surface area contributed by atoms with E-state index in [-0.39, 0.29) is 11.2 Å². The molecule has 0 heterocycles. The molecule has 0 unspecified atom stereocenters. The molecule has 6 atom stereocenters. The number of fused-ring (bicyclic) bond motifs is 5. The van der Waals surface area contributed by atoms with Gasteiger partial charge in [0.05, 0.1) is 0 Å². The van der Waals surface area contributed by atoms with Gasteiger partial charge >= 0.3 is 0 Å². The molecule has 4 rings (SSSR count). The summed E-state index contributed by atoms with van der Waals surface area (Å²) in [5.41, 5.74) is 2.14. The highest BCUT2D eigenvalue weighted by molar-refractivity contribution is 7.99. The predicted molar refractivity (Wildman–Crippen MR) is 93.9 cm³/mol. The lowest BCUT2D eigenvalue weighted by Crippen LogP contribution is -2.50. The second kappa shape index (κ2) is 5.00. The number of allylic oxidation sites excluding steroid dienone is 4. The summed E-state index contributed by atoms with van der Waals surface area (Å²) in [4.78, 5) is 11.8. The van der Waals surface area contributed by atoms with Gasteiger partial charge < -0.3 is 0 Å². The van der Waals surface area contributed by atoms with Gasteiger partial charge in [-0.05, 0) is 80.1 Å². The third kappa shape index (κ3) is 1.89. The Kier molecular flexibility index (Phi) is 3.42. The molecule has 4 aliphatic carbocycles. The first-order valence-corrected chi connectivity index (χ1v) is 10.2. The molecule has 0 N–H and O–H groups in total. The van der Waals surface area contributed by atoms with Crippen molar-refractivity contribution >= 4 is 17.5 Å². The smallest absolute Gasteiger partial charge is 0.178 e. The fourth-order valence-corrected chi connectivity index (χ4v) is 7.74. The molecule has 0 aromatic heterocycles. The Hall–Kier alpha value is -0.500. The van der Waals surface area contributed by atoms with Crippen molar-refractivity contribution in [3.05, 3.63) is 23.8 Å². The molecule has 0 saturated heterocycles. The van der Waals surface area contributed by atoms with Crippen LogP contribution >= 0.6 is 11.8 Å². The first kappa shape index (κ1) is 15.1. The minimum atomic E-state index is 0.162. The largest absolute Gasteiger partial charge is 0.290 e. The first-order valence-electron chi connectivity index (χ1n) is 8.96. The molecule has 4 aliphatic rings. The van der Waals surface area contributed by atoms with E-state index in [2.05, 4.69) is 37.9 Å². The molecule has 0 radical (unpaired) electrons. The lowest BCUT2D eigenvalue weighted by atomic mass is 9.48. The molecule has 2 heteroatoms. The SMILES string of the molecule is CS[C@H]1CC[C@H]2[C@@H]3CCC4=CC(=O)C=C[C@]4(C)[C@H]3CC[C@]12C. The fraction of sp³-hybridized carbons (Fsp3) is 0.750. The Labute approximate surface area is 139 Å². The summed E-state index contributed by atoms with van der Waals surface area (Å²) < 4.78 is 0. The lowest BCUT2D eigenvalue weighted by Gasteiger charge is -2.57. The van der Waals surface area contributed by atoms with Crippen molar-refractivity contribution in [2.24, 2.45) is 28.6 Å². The van der Waals surface area contributed by atoms with E-state index in [1.807, 2.05) is 12.2 Å². The van der Waals surface area contributed by atoms with Gasteiger partial charge in [-0.25, -0.2) is 0 Å². The molecule has 0 aliphatic heterocycles. The van der Waals surface area contributed by atoms with Crippen LogP contribution in [0.2, 0.25) is 0 Å². The zero-order chi connectivity index (χ0) is 15.5. The third-order valence-electron chi connectivity index (χ3n) is 7.75. The third-order valence-corrected chi connectivity index (χ3v) is 9.10. The van der Waals surface area contributed by atoms with Crippen molar-refractivity contribution in [1.82, 2.24) is 0 Å². The Bertz CT molecular complexity index is 562. The maximum Gasteiger partial charge on any atom is 0.178 e. The standard InChI is InChI=1S/C20H28OS/c1-19-10-8-14(21)12-13(19)4-5-15-16-6-7-18(22-3)20(16,2)11-9-17(15)19/h8,10,12,15-18H,4-7,9,11H2,1-3H3/t15-,16-,17-,18-,19-,20-/m0/s1. The Balaban J connectivity index is 1.68. The van der Waals surface area contributed by atoms with E-state index in [1.165, 1.54) is 37.7 Å². The molecule has 3 saturated carbocycles. The van der Waals surface area contributed by atoms with Crippen LogP contribution in [0.15, 0.2) is 23.8 Å². The van der Waals surface area contributed by atoms with E-state index in [4.69, 9.17) is 0 Å². The highest BCUT2D eigenvalue weighted by atomic mass is 32.2. The Morgan fingerprint density at radius 3 is 2.73 bits per heavy atom. The number of ketones is 1. The van der Waals surface area contributed by atoms with Gasteiger partial charge in [-0.2, -0.15) is 11.8 Å². The fourth-order valence-electron chi connectivity index (χ4n) is 6.54. The van der Waals surface area contributed by atoms with Crippen molar-refractivity contribution in [2.75, 3.05) is 6.26 Å². The molecule has 0 aromatic carbocycles. The van der Waals surface area contributed by atoms with E-state index >= 15 is 0 Å². The van der Waals surface area contributed by atoms with Gasteiger partial charge in [0.1, 0.15) is 0 Å². The zero-order valence-electron chi connectivity index (χ0n) is 14.1. The van der Waals surface area contributed by atoms with Crippen LogP contribution in [-0.2, 0) is 4.79 Å². The quantitative estimate of drug-likeness (QED) is 0.675. The number of hydrogen-bond donors (Lipinski definition) is 0. The number of carbonyl (C=O) groups is 1. The van der Waals surface area contributed by atoms with Crippen LogP contribution in [0.4, 0.5) is 0 Å². The number of carbonyl (C=O) groups excluding carboxylic acids is 1. The first-order chi connectivity index (χ1) is 10.5. The summed E-state index contributed by atoms with van der Waals surface area (Å²) in [5.74, 6) is 2.74. The van der Waals surface area contributed by atoms with Gasteiger partial charge in [0.15, 0.2) is 5.78 Å². The highest BCUT2D eigenvalue weighted by Crippen LogP contribution is 2.65. The molecule has 3 fully saturated rings. The van der Waals surface area contributed by atoms with Crippen LogP contribution in [-0.4, -0.2) is 17.3 Å². The van der Waals surface area contributed by atoms with Crippen LogP contribution in [0.25, 0.3) is 0 Å². The van der Waals surface area contributed by atoms with E-state index in [9.17, 15) is 4.79 Å². The molecule has 1 nitrogen and oxygen atoms in total. The van der Waals surface area contributed by atoms with Crippen molar-refractivity contribution in [3.63, 3.8) is 0 Å². The van der Waals surface area contributed by atoms with E-state index in [1.54, 1.807) is 0 Å². The molecule has 0 spiro atoms. The number of hydrogen-bond acceptors (Lipinski definition) is 2. The minimum absolute atomic E-state index is 0.162. The summed E-state index contributed by atoms with van der Waals surface area (Å²) in [7, 11) is 0. The topological polar surface area (TPSA) is 17.1 Å². The molecule has 0 bridgehead atoms. The summed E-state index contributed by atoms with van der Waals surface area (Å²) in [6.07, 6.45) is 16.4. The Morgan fingerprint density at radius 1 is 1.14 bits per heavy atom. The second-order valence-electron chi connectivity index (χ2n) is 8.45. The maximum absolute atomic E-state index is 11.8. The van der Waals surface area contributed by atoms with Gasteiger partial charge in [0.25, 0.3) is 0 Å². The average Bonchev–Trinajstić information content (AvgIpc) is 2.84. The zero-order valence-corrected chi connectivity index (χ0v) is 14.9. The average molecular weight is 317 g/mol. The van der Waals surface area contributed by atoms with Crippen molar-refractivity contribution in [2.45, 2.75) is 57.6 Å². The van der Waals surface area contributed by atoms with Gasteiger partial charge in [0, 0.05) is 10.7 Å². The van der Waals surface area contributed by atoms with E-state index < -0.39 is 0 Å². The van der Waals surface area contributed by atoms with Gasteiger partial charge in [-0.1, -0.05) is 25.5 Å². The summed E-state index contributed by atoms with van der Waals surface area (Å²) in [5, 5.41) is 0.867. The monoisotopic (exact) mass is 316 g/mol. The van der Waals surface area contributed by atoms with Gasteiger partial charge in [-0.3, -0.25) is 4.79 Å². The highest BCUT2D eigenvalue weighted by Gasteiger charge is 2.58. The minimum Gasteiger partial charge on any atom is -0.290 e. The van der Waals surface area contributed by atoms with E-state index in [0.29, 0.717) is 5.41 Å². The van der Waals surface area contributed by atoms with Crippen LogP contribution in [0.1, 0.15) is 52.4 Å². The molecule has 0 aromatic rings. The van der Waals surface area contributed by atoms with Gasteiger partial charge in [-0.15, -0.1) is 0 Å². The van der Waals surface area contributed by atoms with Crippen LogP contribution in [0.3, 0.4) is 0 Å². The number of rotatable bonds is 1. The van der Waals surface area contributed by atoms with Crippen LogP contribution < -0.4 is 0 Å². The predicted octanol–water partition coefficient (Wildman–Crippen LogP) is 5.03. The van der Waals surface area contributed by atoms with Crippen LogP contribution in [0.5, 0.6) is 0 Å². The molecule has 0 amide bonds. The van der Waals surface area contributed by atoms with Crippen molar-refractivity contribution < 1.29 is 4.79 Å². The summed E-state index contributed by atoms with van der Waals surface area (Å²) in [6.45, 7) is 4.98. The van der Waals surface area contributed by atoms with E-state index in [0.717, 1.165) is 29.4 Å². The van der Waals surface area contributed by atoms with Crippen molar-refractivity contribution in [3.8, 4) is 0 Å². The summed E-state index contributed by atoms with van der Waals surface area (Å²) >= 11 is 2.11. The molecular weight excluding hydrogens is 288 g/mol. The van der Waals surface area contributed by atoms with Gasteiger partial charge in [0.2, 0.25) is 0 Å². The maximum atomic E-state index is 11.8.